The van der Waals surface area contributed by atoms with E-state index in [-0.39, 0.29) is 17.9 Å². The lowest BCUT2D eigenvalue weighted by Crippen LogP contribution is -2.71. The Labute approximate surface area is 122 Å². The van der Waals surface area contributed by atoms with Gasteiger partial charge in [0, 0.05) is 6.54 Å². The number of piperazine rings is 1. The maximum absolute atomic E-state index is 12.7. The summed E-state index contributed by atoms with van der Waals surface area (Å²) < 4.78 is 0. The number of amides is 2. The zero-order valence-corrected chi connectivity index (χ0v) is 13.1. The lowest BCUT2D eigenvalue weighted by atomic mass is 9.77. The van der Waals surface area contributed by atoms with Crippen LogP contribution in [-0.4, -0.2) is 34.8 Å². The molecule has 1 spiro atoms. The molecule has 4 heteroatoms. The first-order valence-corrected chi connectivity index (χ1v) is 8.17. The summed E-state index contributed by atoms with van der Waals surface area (Å²) >= 11 is 0. The number of carbonyl (C=O) groups is 2. The second-order valence-corrected chi connectivity index (χ2v) is 6.49. The summed E-state index contributed by atoms with van der Waals surface area (Å²) in [7, 11) is 0. The van der Waals surface area contributed by atoms with Crippen molar-refractivity contribution in [3.05, 3.63) is 0 Å². The Morgan fingerprint density at radius 2 is 1.90 bits per heavy atom. The van der Waals surface area contributed by atoms with Crippen LogP contribution >= 0.6 is 0 Å². The summed E-state index contributed by atoms with van der Waals surface area (Å²) in [5.74, 6) is 0.669. The molecular weight excluding hydrogens is 252 g/mol. The molecule has 1 saturated heterocycles. The molecule has 1 heterocycles. The smallest absolute Gasteiger partial charge is 0.246 e. The number of carbonyl (C=O) groups excluding carboxylic acids is 2. The fourth-order valence-electron chi connectivity index (χ4n) is 3.49. The van der Waals surface area contributed by atoms with E-state index in [9.17, 15) is 9.59 Å². The Balaban J connectivity index is 2.29. The molecule has 2 rings (SSSR count). The maximum Gasteiger partial charge on any atom is 0.246 e. The fraction of sp³-hybridized carbons (Fsp3) is 0.875. The summed E-state index contributed by atoms with van der Waals surface area (Å²) in [4.78, 5) is 27.3. The van der Waals surface area contributed by atoms with Gasteiger partial charge in [-0.05, 0) is 25.2 Å². The maximum atomic E-state index is 12.7. The van der Waals surface area contributed by atoms with Crippen molar-refractivity contribution >= 4 is 11.8 Å². The Morgan fingerprint density at radius 1 is 1.25 bits per heavy atom. The number of nitrogens with zero attached hydrogens (tertiary/aromatic N) is 1. The zero-order chi connectivity index (χ0) is 14.8. The average molecular weight is 280 g/mol. The van der Waals surface area contributed by atoms with E-state index in [1.54, 1.807) is 0 Å². The van der Waals surface area contributed by atoms with Crippen LogP contribution in [0, 0.1) is 5.92 Å². The van der Waals surface area contributed by atoms with Crippen LogP contribution in [0.3, 0.4) is 0 Å². The van der Waals surface area contributed by atoms with Gasteiger partial charge in [-0.15, -0.1) is 0 Å². The monoisotopic (exact) mass is 280 g/mol. The van der Waals surface area contributed by atoms with E-state index < -0.39 is 5.54 Å². The third-order valence-corrected chi connectivity index (χ3v) is 5.09. The standard InChI is InChI=1S/C16H28N2O2/c1-4-12(3)11-18-14(19)13(5-2)17-15(20)16(18)9-7-6-8-10-16/h12-13H,4-11H2,1-3H3,(H,17,20). The molecule has 114 valence electrons. The van der Waals surface area contributed by atoms with Gasteiger partial charge in [0.1, 0.15) is 11.6 Å². The highest BCUT2D eigenvalue weighted by molar-refractivity contribution is 5.99. The van der Waals surface area contributed by atoms with Crippen molar-refractivity contribution in [1.29, 1.82) is 0 Å². The molecule has 0 aromatic rings. The van der Waals surface area contributed by atoms with Crippen LogP contribution in [0.15, 0.2) is 0 Å². The van der Waals surface area contributed by atoms with Gasteiger partial charge in [-0.1, -0.05) is 46.5 Å². The van der Waals surface area contributed by atoms with Crippen molar-refractivity contribution in [3.63, 3.8) is 0 Å². The molecule has 4 nitrogen and oxygen atoms in total. The molecule has 0 radical (unpaired) electrons. The highest BCUT2D eigenvalue weighted by atomic mass is 16.2. The normalized spacial score (nSPS) is 27.6. The Kier molecular flexibility index (Phi) is 4.71. The van der Waals surface area contributed by atoms with Crippen LogP contribution in [0.25, 0.3) is 0 Å². The van der Waals surface area contributed by atoms with Crippen molar-refractivity contribution in [1.82, 2.24) is 10.2 Å². The van der Waals surface area contributed by atoms with E-state index in [0.717, 1.165) is 38.6 Å². The molecule has 20 heavy (non-hydrogen) atoms. The Morgan fingerprint density at radius 3 is 2.45 bits per heavy atom. The van der Waals surface area contributed by atoms with E-state index in [1.165, 1.54) is 6.42 Å². The summed E-state index contributed by atoms with van der Waals surface area (Å²) in [5, 5.41) is 2.97. The number of rotatable bonds is 4. The third kappa shape index (κ3) is 2.57. The molecule has 1 aliphatic heterocycles. The number of hydrogen-bond acceptors (Lipinski definition) is 2. The third-order valence-electron chi connectivity index (χ3n) is 5.09. The Bertz CT molecular complexity index is 375. The van der Waals surface area contributed by atoms with Gasteiger partial charge in [0.15, 0.2) is 0 Å². The second kappa shape index (κ2) is 6.15. The summed E-state index contributed by atoms with van der Waals surface area (Å²) in [6.07, 6.45) is 6.66. The number of nitrogens with one attached hydrogen (secondary N) is 1. The SMILES string of the molecule is CCC(C)CN1C(=O)C(CC)NC(=O)C12CCCCC2. The van der Waals surface area contributed by atoms with Crippen molar-refractivity contribution in [3.8, 4) is 0 Å². The summed E-state index contributed by atoms with van der Waals surface area (Å²) in [6, 6.07) is -0.320. The van der Waals surface area contributed by atoms with Crippen molar-refractivity contribution in [2.45, 2.75) is 77.3 Å². The average Bonchev–Trinajstić information content (AvgIpc) is 2.48. The largest absolute Gasteiger partial charge is 0.342 e. The highest BCUT2D eigenvalue weighted by Crippen LogP contribution is 2.37. The molecule has 2 fully saturated rings. The molecule has 0 aromatic heterocycles. The molecule has 0 aromatic carbocycles. The minimum atomic E-state index is -0.551. The molecule has 1 N–H and O–H groups in total. The quantitative estimate of drug-likeness (QED) is 0.860. The van der Waals surface area contributed by atoms with Crippen LogP contribution < -0.4 is 5.32 Å². The van der Waals surface area contributed by atoms with Crippen LogP contribution in [0.4, 0.5) is 0 Å². The molecule has 2 amide bonds. The van der Waals surface area contributed by atoms with Crippen LogP contribution in [0.1, 0.15) is 65.7 Å². The zero-order valence-electron chi connectivity index (χ0n) is 13.1. The summed E-state index contributed by atoms with van der Waals surface area (Å²) in [5.41, 5.74) is -0.551. The van der Waals surface area contributed by atoms with Gasteiger partial charge in [0.25, 0.3) is 0 Å². The van der Waals surface area contributed by atoms with Gasteiger partial charge in [-0.2, -0.15) is 0 Å². The Hall–Kier alpha value is -1.06. The van der Waals surface area contributed by atoms with Gasteiger partial charge in [0.05, 0.1) is 0 Å². The van der Waals surface area contributed by atoms with Crippen molar-refractivity contribution in [2.75, 3.05) is 6.54 Å². The lowest BCUT2D eigenvalue weighted by molar-refractivity contribution is -0.161. The number of hydrogen-bond donors (Lipinski definition) is 1. The first-order chi connectivity index (χ1) is 9.55. The molecule has 1 aliphatic carbocycles. The van der Waals surface area contributed by atoms with Gasteiger partial charge in [-0.3, -0.25) is 9.59 Å². The van der Waals surface area contributed by atoms with Crippen molar-refractivity contribution in [2.24, 2.45) is 5.92 Å². The molecule has 2 aliphatic rings. The fourth-order valence-corrected chi connectivity index (χ4v) is 3.49. The first kappa shape index (κ1) is 15.3. The highest BCUT2D eigenvalue weighted by Gasteiger charge is 2.52. The van der Waals surface area contributed by atoms with Gasteiger partial charge >= 0.3 is 0 Å². The van der Waals surface area contributed by atoms with E-state index >= 15 is 0 Å². The summed E-state index contributed by atoms with van der Waals surface area (Å²) in [6.45, 7) is 6.99. The predicted octanol–water partition coefficient (Wildman–Crippen LogP) is 2.47. The van der Waals surface area contributed by atoms with Gasteiger partial charge < -0.3 is 10.2 Å². The molecule has 0 bridgehead atoms. The minimum absolute atomic E-state index is 0.0898. The molecule has 2 unspecified atom stereocenters. The molecule has 2 atom stereocenters. The first-order valence-electron chi connectivity index (χ1n) is 8.17. The van der Waals surface area contributed by atoms with Crippen molar-refractivity contribution < 1.29 is 9.59 Å². The second-order valence-electron chi connectivity index (χ2n) is 6.49. The van der Waals surface area contributed by atoms with Gasteiger partial charge in [0.2, 0.25) is 11.8 Å². The topological polar surface area (TPSA) is 49.4 Å². The van der Waals surface area contributed by atoms with Crippen LogP contribution in [0.2, 0.25) is 0 Å². The van der Waals surface area contributed by atoms with E-state index in [4.69, 9.17) is 0 Å². The van der Waals surface area contributed by atoms with Crippen LogP contribution in [0.5, 0.6) is 0 Å². The van der Waals surface area contributed by atoms with E-state index in [0.29, 0.717) is 12.3 Å². The van der Waals surface area contributed by atoms with E-state index in [2.05, 4.69) is 19.2 Å². The van der Waals surface area contributed by atoms with Gasteiger partial charge in [-0.25, -0.2) is 0 Å². The minimum Gasteiger partial charge on any atom is -0.342 e. The van der Waals surface area contributed by atoms with Crippen LogP contribution in [-0.2, 0) is 9.59 Å². The van der Waals surface area contributed by atoms with E-state index in [1.807, 2.05) is 11.8 Å². The molecular formula is C16H28N2O2. The molecule has 1 saturated carbocycles. The lowest BCUT2D eigenvalue weighted by Gasteiger charge is -2.50. The predicted molar refractivity (Wildman–Crippen MR) is 79.2 cm³/mol.